The molecule has 5 nitrogen and oxygen atoms in total. The highest BCUT2D eigenvalue weighted by atomic mass is 32.2. The first-order chi connectivity index (χ1) is 16.8. The Balaban J connectivity index is 0.00000181. The molecule has 0 aliphatic rings. The maximum atomic E-state index is 11.9. The fourth-order valence-corrected chi connectivity index (χ4v) is 4.74. The maximum Gasteiger partial charge on any atom is 0.306 e. The number of unbranched alkanes of at least 4 members (excludes halogenated alkanes) is 5. The number of ether oxygens (including phenoxy) is 2. The van der Waals surface area contributed by atoms with Crippen LogP contribution in [-0.2, 0) is 19.1 Å². The van der Waals surface area contributed by atoms with Crippen molar-refractivity contribution in [2.45, 2.75) is 134 Å². The fraction of sp³-hybridized carbons (Fsp3) is 0.733. The van der Waals surface area contributed by atoms with Crippen molar-refractivity contribution < 1.29 is 19.1 Å². The van der Waals surface area contributed by atoms with Gasteiger partial charge in [-0.25, -0.2) is 0 Å². The number of carbonyl (C=O) groups is 2. The molecule has 6 heteroatoms. The molecule has 1 N–H and O–H groups in total. The summed E-state index contributed by atoms with van der Waals surface area (Å²) in [6.07, 6.45) is 10.4. The Labute approximate surface area is 225 Å². The van der Waals surface area contributed by atoms with Crippen LogP contribution < -0.4 is 5.32 Å². The molecular weight excluding hydrogens is 470 g/mol. The van der Waals surface area contributed by atoms with E-state index in [2.05, 4.69) is 36.5 Å². The van der Waals surface area contributed by atoms with Crippen molar-refractivity contribution >= 4 is 24.0 Å². The Morgan fingerprint density at radius 1 is 0.889 bits per heavy atom. The van der Waals surface area contributed by atoms with Gasteiger partial charge in [-0.05, 0) is 93.3 Å². The first-order valence-electron chi connectivity index (χ1n) is 13.4. The molecule has 1 aromatic carbocycles. The summed E-state index contributed by atoms with van der Waals surface area (Å²) in [5.41, 5.74) is 0.901. The second-order valence-electron chi connectivity index (χ2n) is 11.4. The van der Waals surface area contributed by atoms with Gasteiger partial charge >= 0.3 is 5.97 Å². The van der Waals surface area contributed by atoms with E-state index in [1.54, 1.807) is 7.11 Å². The lowest BCUT2D eigenvalue weighted by atomic mass is 10.00. The molecule has 0 saturated heterocycles. The smallest absolute Gasteiger partial charge is 0.306 e. The normalized spacial score (nSPS) is 13.4. The van der Waals surface area contributed by atoms with Crippen molar-refractivity contribution in [2.24, 2.45) is 0 Å². The lowest BCUT2D eigenvalue weighted by molar-refractivity contribution is -0.154. The monoisotopic (exact) mass is 523 g/mol. The number of thioether (sulfide) groups is 1. The summed E-state index contributed by atoms with van der Waals surface area (Å²) in [6.45, 7) is 13.9. The van der Waals surface area contributed by atoms with Crippen molar-refractivity contribution in [3.05, 3.63) is 29.8 Å². The molecule has 0 saturated carbocycles. The van der Waals surface area contributed by atoms with Crippen LogP contribution in [0.1, 0.15) is 111 Å². The SMILES string of the molecule is CNC(CCCCCC=O)(CCCCCC(=O)OC(C)(C)C)Sc1ccc(C)cc1.COC(C)(C)C. The third-order valence-electron chi connectivity index (χ3n) is 5.69. The lowest BCUT2D eigenvalue weighted by Crippen LogP contribution is -2.39. The van der Waals surface area contributed by atoms with Gasteiger partial charge in [-0.1, -0.05) is 43.4 Å². The van der Waals surface area contributed by atoms with E-state index in [1.165, 1.54) is 10.5 Å². The second-order valence-corrected chi connectivity index (χ2v) is 12.8. The van der Waals surface area contributed by atoms with E-state index in [9.17, 15) is 9.59 Å². The summed E-state index contributed by atoms with van der Waals surface area (Å²) in [5.74, 6) is -0.105. The minimum atomic E-state index is -0.410. The highest BCUT2D eigenvalue weighted by Crippen LogP contribution is 2.39. The maximum absolute atomic E-state index is 11.9. The number of aryl methyl sites for hydroxylation is 1. The van der Waals surface area contributed by atoms with E-state index < -0.39 is 5.60 Å². The molecule has 36 heavy (non-hydrogen) atoms. The zero-order valence-corrected chi connectivity index (χ0v) is 25.3. The van der Waals surface area contributed by atoms with Gasteiger partial charge in [0.1, 0.15) is 11.9 Å². The summed E-state index contributed by atoms with van der Waals surface area (Å²) >= 11 is 1.91. The number of esters is 1. The van der Waals surface area contributed by atoms with Crippen LogP contribution in [0, 0.1) is 6.92 Å². The predicted molar refractivity (Wildman–Crippen MR) is 154 cm³/mol. The topological polar surface area (TPSA) is 64.6 Å². The number of hydrogen-bond donors (Lipinski definition) is 1. The van der Waals surface area contributed by atoms with Gasteiger partial charge in [0.05, 0.1) is 10.5 Å². The van der Waals surface area contributed by atoms with Crippen LogP contribution in [0.4, 0.5) is 0 Å². The standard InChI is InChI=1S/C25H41NO3S.C5H12O/c1-21-14-16-22(17-15-21)30-25(26-5,18-10-6-7-12-20-27)19-11-8-9-13-23(28)29-24(2,3)4;1-5(2,3)6-4/h14-17,20,26H,6-13,18-19H2,1-5H3;1-4H3. The molecule has 1 aromatic rings. The van der Waals surface area contributed by atoms with Gasteiger partial charge in [-0.2, -0.15) is 0 Å². The molecule has 0 aliphatic carbocycles. The Morgan fingerprint density at radius 2 is 1.42 bits per heavy atom. The molecule has 0 spiro atoms. The van der Waals surface area contributed by atoms with Crippen LogP contribution in [0.25, 0.3) is 0 Å². The average molecular weight is 524 g/mol. The summed E-state index contributed by atoms with van der Waals surface area (Å²) < 4.78 is 10.3. The molecule has 0 heterocycles. The molecule has 1 rings (SSSR count). The minimum Gasteiger partial charge on any atom is -0.460 e. The number of methoxy groups -OCH3 is 1. The molecule has 0 radical (unpaired) electrons. The molecule has 208 valence electrons. The molecule has 0 amide bonds. The quantitative estimate of drug-likeness (QED) is 0.0829. The molecule has 1 atom stereocenters. The molecular formula is C30H53NO4S. The summed E-state index contributed by atoms with van der Waals surface area (Å²) in [6, 6.07) is 8.71. The van der Waals surface area contributed by atoms with E-state index >= 15 is 0 Å². The number of aldehydes is 1. The number of carbonyl (C=O) groups excluding carboxylic acids is 2. The average Bonchev–Trinajstić information content (AvgIpc) is 2.78. The highest BCUT2D eigenvalue weighted by Gasteiger charge is 2.28. The van der Waals surface area contributed by atoms with Gasteiger partial charge in [0, 0.05) is 24.8 Å². The molecule has 1 unspecified atom stereocenters. The Morgan fingerprint density at radius 3 is 1.86 bits per heavy atom. The van der Waals surface area contributed by atoms with Crippen molar-refractivity contribution in [3.63, 3.8) is 0 Å². The zero-order valence-electron chi connectivity index (χ0n) is 24.5. The van der Waals surface area contributed by atoms with E-state index in [1.807, 2.05) is 60.4 Å². The van der Waals surface area contributed by atoms with E-state index in [4.69, 9.17) is 9.47 Å². The van der Waals surface area contributed by atoms with E-state index in [0.717, 1.165) is 57.7 Å². The van der Waals surface area contributed by atoms with Crippen LogP contribution >= 0.6 is 11.8 Å². The number of rotatable bonds is 15. The molecule has 0 bridgehead atoms. The first-order valence-corrected chi connectivity index (χ1v) is 14.2. The van der Waals surface area contributed by atoms with Gasteiger partial charge in [-0.15, -0.1) is 11.8 Å². The van der Waals surface area contributed by atoms with E-state index in [0.29, 0.717) is 12.8 Å². The first kappa shape index (κ1) is 34.6. The molecule has 0 aromatic heterocycles. The molecule has 0 aliphatic heterocycles. The zero-order chi connectivity index (χ0) is 27.7. The highest BCUT2D eigenvalue weighted by molar-refractivity contribution is 8.00. The van der Waals surface area contributed by atoms with Gasteiger partial charge < -0.3 is 19.6 Å². The number of benzene rings is 1. The Bertz CT molecular complexity index is 722. The lowest BCUT2D eigenvalue weighted by Gasteiger charge is -2.33. The van der Waals surface area contributed by atoms with Crippen molar-refractivity contribution in [1.29, 1.82) is 0 Å². The third-order valence-corrected chi connectivity index (χ3v) is 7.20. The van der Waals surface area contributed by atoms with Gasteiger partial charge in [0.2, 0.25) is 0 Å². The second kappa shape index (κ2) is 18.0. The third kappa shape index (κ3) is 18.8. The fourth-order valence-electron chi connectivity index (χ4n) is 3.42. The minimum absolute atomic E-state index is 0.0254. The van der Waals surface area contributed by atoms with Crippen LogP contribution in [-0.4, -0.2) is 42.5 Å². The van der Waals surface area contributed by atoms with E-state index in [-0.39, 0.29) is 16.4 Å². The van der Waals surface area contributed by atoms with Gasteiger partial charge in [0.15, 0.2) is 0 Å². The van der Waals surface area contributed by atoms with Crippen molar-refractivity contribution in [1.82, 2.24) is 5.32 Å². The van der Waals surface area contributed by atoms with Gasteiger partial charge in [-0.3, -0.25) is 4.79 Å². The Hall–Kier alpha value is -1.37. The van der Waals surface area contributed by atoms with Crippen LogP contribution in [0.2, 0.25) is 0 Å². The van der Waals surface area contributed by atoms with Crippen LogP contribution in [0.5, 0.6) is 0 Å². The number of hydrogen-bond acceptors (Lipinski definition) is 6. The molecule has 0 fully saturated rings. The van der Waals surface area contributed by atoms with Crippen LogP contribution in [0.3, 0.4) is 0 Å². The summed E-state index contributed by atoms with van der Waals surface area (Å²) in [7, 11) is 3.76. The predicted octanol–water partition coefficient (Wildman–Crippen LogP) is 7.88. The number of nitrogens with one attached hydrogen (secondary N) is 1. The van der Waals surface area contributed by atoms with Crippen molar-refractivity contribution in [2.75, 3.05) is 14.2 Å². The summed E-state index contributed by atoms with van der Waals surface area (Å²) in [5, 5.41) is 3.60. The summed E-state index contributed by atoms with van der Waals surface area (Å²) in [4.78, 5) is 23.7. The Kier molecular flexibility index (Phi) is 17.3. The van der Waals surface area contributed by atoms with Gasteiger partial charge in [0.25, 0.3) is 0 Å². The largest absolute Gasteiger partial charge is 0.460 e. The van der Waals surface area contributed by atoms with Crippen molar-refractivity contribution in [3.8, 4) is 0 Å². The van der Waals surface area contributed by atoms with Crippen LogP contribution in [0.15, 0.2) is 29.2 Å².